The first-order chi connectivity index (χ1) is 19.4. The van der Waals surface area contributed by atoms with E-state index in [1.165, 1.54) is 36.8 Å². The zero-order chi connectivity index (χ0) is 29.4. The van der Waals surface area contributed by atoms with E-state index in [4.69, 9.17) is 9.52 Å². The van der Waals surface area contributed by atoms with Crippen LogP contribution in [0.3, 0.4) is 0 Å². The zero-order valence-electron chi connectivity index (χ0n) is 22.9. The van der Waals surface area contributed by atoms with Crippen LogP contribution in [0.1, 0.15) is 31.9 Å². The molecule has 0 aliphatic rings. The third kappa shape index (κ3) is 5.92. The van der Waals surface area contributed by atoms with E-state index in [-0.39, 0.29) is 39.4 Å². The lowest BCUT2D eigenvalue weighted by atomic mass is 10.1. The molecular formula is C29H28FN7O3S. The van der Waals surface area contributed by atoms with Crippen LogP contribution in [-0.2, 0) is 26.5 Å². The van der Waals surface area contributed by atoms with Gasteiger partial charge in [-0.05, 0) is 75.2 Å². The van der Waals surface area contributed by atoms with Gasteiger partial charge in [-0.2, -0.15) is 5.10 Å². The van der Waals surface area contributed by atoms with Gasteiger partial charge >= 0.3 is 0 Å². The second kappa shape index (κ2) is 10.7. The van der Waals surface area contributed by atoms with Crippen LogP contribution in [0.2, 0.25) is 0 Å². The van der Waals surface area contributed by atoms with Gasteiger partial charge in [-0.25, -0.2) is 23.3 Å². The van der Waals surface area contributed by atoms with E-state index in [2.05, 4.69) is 25.4 Å². The average Bonchev–Trinajstić information content (AvgIpc) is 3.40. The number of ether oxygens (including phenoxy) is 1. The molecule has 0 saturated heterocycles. The lowest BCUT2D eigenvalue weighted by Crippen LogP contribution is -2.22. The third-order valence-electron chi connectivity index (χ3n) is 6.22. The Balaban J connectivity index is 1.38. The normalized spacial score (nSPS) is 13.1. The van der Waals surface area contributed by atoms with Crippen molar-refractivity contribution in [3.63, 3.8) is 0 Å². The number of pyridine rings is 1. The van der Waals surface area contributed by atoms with E-state index in [1.54, 1.807) is 48.3 Å². The smallest absolute Gasteiger partial charge is 0.231 e. The van der Waals surface area contributed by atoms with Crippen molar-refractivity contribution in [2.75, 3.05) is 5.32 Å². The number of amides is 1. The molecule has 0 saturated carbocycles. The largest absolute Gasteiger partial charge is 0.453 e. The Morgan fingerprint density at radius 1 is 1.10 bits per heavy atom. The van der Waals surface area contributed by atoms with Gasteiger partial charge in [0.25, 0.3) is 0 Å². The van der Waals surface area contributed by atoms with Crippen LogP contribution < -0.4 is 10.1 Å². The topological polar surface area (TPSA) is 136 Å². The highest BCUT2D eigenvalue weighted by atomic mass is 32.2. The minimum absolute atomic E-state index is 0.0171. The summed E-state index contributed by atoms with van der Waals surface area (Å²) in [6.07, 6.45) is 7.64. The number of aryl methyl sites for hydroxylation is 1. The maximum absolute atomic E-state index is 15.3. The molecule has 2 N–H and O–H groups in total. The fourth-order valence-corrected chi connectivity index (χ4v) is 5.37. The number of nitrogens with zero attached hydrogens (tertiary/aromatic N) is 5. The maximum Gasteiger partial charge on any atom is 0.231 e. The number of aromatic nitrogens is 5. The lowest BCUT2D eigenvalue weighted by molar-refractivity contribution is -0.115. The summed E-state index contributed by atoms with van der Waals surface area (Å²) < 4.78 is 44.8. The lowest BCUT2D eigenvalue weighted by Gasteiger charge is -2.18. The molecule has 3 heterocycles. The molecule has 2 aromatic carbocycles. The number of benzene rings is 2. The van der Waals surface area contributed by atoms with Gasteiger partial charge in [-0.15, -0.1) is 0 Å². The molecule has 41 heavy (non-hydrogen) atoms. The van der Waals surface area contributed by atoms with Crippen LogP contribution in [0.4, 0.5) is 10.1 Å². The van der Waals surface area contributed by atoms with Gasteiger partial charge in [0.05, 0.1) is 34.3 Å². The number of rotatable bonds is 7. The van der Waals surface area contributed by atoms with Crippen molar-refractivity contribution < 1.29 is 18.1 Å². The second-order valence-electron chi connectivity index (χ2n) is 10.5. The van der Waals surface area contributed by atoms with Crippen molar-refractivity contribution in [1.29, 1.82) is 4.78 Å². The Kier molecular flexibility index (Phi) is 7.26. The predicted molar refractivity (Wildman–Crippen MR) is 152 cm³/mol. The van der Waals surface area contributed by atoms with E-state index in [1.807, 2.05) is 20.8 Å². The Bertz CT molecular complexity index is 1840. The van der Waals surface area contributed by atoms with E-state index < -0.39 is 15.5 Å². The summed E-state index contributed by atoms with van der Waals surface area (Å²) in [5.41, 5.74) is 1.80. The third-order valence-corrected chi connectivity index (χ3v) is 7.87. The van der Waals surface area contributed by atoms with Crippen LogP contribution >= 0.6 is 0 Å². The standard InChI is InChI=1S/C29H28FN7O3S/c1-18-12-19(14-26(38)36-20-16-35-37(17-20)29(2,3)4)13-23(30)27(18)40-25-8-11-32-24-7-6-21(15-22(24)25)41(31,39)28-33-9-5-10-34-28/h5-13,15-17,31H,14H2,1-4H3,(H,36,38)/t41-/m0/s1. The Morgan fingerprint density at radius 3 is 2.54 bits per heavy atom. The van der Waals surface area contributed by atoms with Gasteiger partial charge in [-0.1, -0.05) is 6.07 Å². The summed E-state index contributed by atoms with van der Waals surface area (Å²) in [6.45, 7) is 7.69. The first kappa shape index (κ1) is 27.8. The first-order valence-corrected chi connectivity index (χ1v) is 14.2. The van der Waals surface area contributed by atoms with E-state index in [0.717, 1.165) is 0 Å². The fourth-order valence-electron chi connectivity index (χ4n) is 4.20. The van der Waals surface area contributed by atoms with Crippen LogP contribution in [0.25, 0.3) is 10.9 Å². The molecule has 0 radical (unpaired) electrons. The molecule has 3 aromatic heterocycles. The van der Waals surface area contributed by atoms with Gasteiger partial charge in [0.2, 0.25) is 11.1 Å². The summed E-state index contributed by atoms with van der Waals surface area (Å²) in [5, 5.41) is 7.39. The predicted octanol–water partition coefficient (Wildman–Crippen LogP) is 5.86. The maximum atomic E-state index is 15.3. The summed E-state index contributed by atoms with van der Waals surface area (Å²) in [6, 6.07) is 10.8. The number of anilines is 1. The summed E-state index contributed by atoms with van der Waals surface area (Å²) >= 11 is 0. The molecule has 5 rings (SSSR count). The fraction of sp³-hybridized carbons (Fsp3) is 0.207. The summed E-state index contributed by atoms with van der Waals surface area (Å²) in [4.78, 5) is 25.1. The highest BCUT2D eigenvalue weighted by Crippen LogP contribution is 2.35. The van der Waals surface area contributed by atoms with Crippen molar-refractivity contribution in [1.82, 2.24) is 24.7 Å². The number of hydrogen-bond donors (Lipinski definition) is 2. The Hall–Kier alpha value is -4.71. The summed E-state index contributed by atoms with van der Waals surface area (Å²) in [7, 11) is -3.51. The number of nitrogens with one attached hydrogen (secondary N) is 2. The molecule has 1 atom stereocenters. The van der Waals surface area contributed by atoms with Crippen molar-refractivity contribution >= 4 is 32.2 Å². The molecule has 0 aliphatic heterocycles. The Morgan fingerprint density at radius 2 is 1.85 bits per heavy atom. The second-order valence-corrected chi connectivity index (χ2v) is 12.4. The molecule has 5 aromatic rings. The van der Waals surface area contributed by atoms with E-state index in [0.29, 0.717) is 27.7 Å². The highest BCUT2D eigenvalue weighted by molar-refractivity contribution is 7.92. The quantitative estimate of drug-likeness (QED) is 0.233. The number of carbonyl (C=O) groups is 1. The van der Waals surface area contributed by atoms with E-state index in [9.17, 15) is 9.00 Å². The van der Waals surface area contributed by atoms with Gasteiger partial charge < -0.3 is 10.1 Å². The van der Waals surface area contributed by atoms with Gasteiger partial charge in [-0.3, -0.25) is 14.5 Å². The zero-order valence-corrected chi connectivity index (χ0v) is 23.7. The molecule has 0 bridgehead atoms. The van der Waals surface area contributed by atoms with Crippen LogP contribution in [0.15, 0.2) is 83.5 Å². The average molecular weight is 574 g/mol. The molecular weight excluding hydrogens is 545 g/mol. The monoisotopic (exact) mass is 573 g/mol. The molecule has 210 valence electrons. The number of halogens is 1. The van der Waals surface area contributed by atoms with Gasteiger partial charge in [0.15, 0.2) is 11.6 Å². The SMILES string of the molecule is Cc1cc(CC(=O)Nc2cnn(C(C)(C)C)c2)cc(F)c1Oc1ccnc2ccc([S@](=N)(=O)c3ncccn3)cc12. The summed E-state index contributed by atoms with van der Waals surface area (Å²) in [5.74, 6) is -0.697. The van der Waals surface area contributed by atoms with Crippen molar-refractivity contribution in [3.8, 4) is 11.5 Å². The number of fused-ring (bicyclic) bond motifs is 1. The van der Waals surface area contributed by atoms with Crippen molar-refractivity contribution in [3.05, 3.63) is 90.4 Å². The number of carbonyl (C=O) groups excluding carboxylic acids is 1. The highest BCUT2D eigenvalue weighted by Gasteiger charge is 2.20. The van der Waals surface area contributed by atoms with Gasteiger partial charge in [0, 0.05) is 30.2 Å². The molecule has 12 heteroatoms. The molecule has 0 aliphatic carbocycles. The van der Waals surface area contributed by atoms with Gasteiger partial charge in [0.1, 0.15) is 15.5 Å². The minimum Gasteiger partial charge on any atom is -0.453 e. The number of hydrogen-bond acceptors (Lipinski definition) is 8. The Labute approximate surface area is 236 Å². The minimum atomic E-state index is -3.51. The van der Waals surface area contributed by atoms with Crippen molar-refractivity contribution in [2.45, 2.75) is 49.7 Å². The first-order valence-electron chi connectivity index (χ1n) is 12.7. The van der Waals surface area contributed by atoms with Crippen LogP contribution in [0.5, 0.6) is 11.5 Å². The molecule has 0 spiro atoms. The van der Waals surface area contributed by atoms with Crippen LogP contribution in [0, 0.1) is 17.5 Å². The molecule has 0 unspecified atom stereocenters. The van der Waals surface area contributed by atoms with E-state index >= 15 is 4.39 Å². The van der Waals surface area contributed by atoms with Crippen LogP contribution in [-0.4, -0.2) is 34.8 Å². The molecule has 1 amide bonds. The van der Waals surface area contributed by atoms with Crippen molar-refractivity contribution in [2.24, 2.45) is 0 Å². The molecule has 0 fully saturated rings. The molecule has 10 nitrogen and oxygen atoms in total.